The summed E-state index contributed by atoms with van der Waals surface area (Å²) in [5.41, 5.74) is 1.80. The molecule has 0 N–H and O–H groups in total. The van der Waals surface area contributed by atoms with Crippen LogP contribution in [0.25, 0.3) is 0 Å². The van der Waals surface area contributed by atoms with Crippen molar-refractivity contribution in [1.82, 2.24) is 4.98 Å². The Kier molecular flexibility index (Phi) is 3.67. The first kappa shape index (κ1) is 11.8. The molecule has 0 saturated carbocycles. The topological polar surface area (TPSA) is 63.0 Å². The average molecular weight is 238 g/mol. The Morgan fingerprint density at radius 1 is 1.28 bits per heavy atom. The van der Waals surface area contributed by atoms with E-state index in [1.807, 2.05) is 6.07 Å². The number of aromatic nitrogens is 1. The predicted octanol–water partition coefficient (Wildman–Crippen LogP) is 2.31. The van der Waals surface area contributed by atoms with Gasteiger partial charge in [0.2, 0.25) is 0 Å². The van der Waals surface area contributed by atoms with Crippen LogP contribution in [-0.2, 0) is 11.3 Å². The molecule has 0 bridgehead atoms. The number of hydrogen-bond acceptors (Lipinski definition) is 4. The number of carbonyl (C=O) groups is 1. The lowest BCUT2D eigenvalue weighted by Crippen LogP contribution is -2.05. The second-order valence-corrected chi connectivity index (χ2v) is 3.62. The van der Waals surface area contributed by atoms with E-state index in [9.17, 15) is 4.79 Å². The lowest BCUT2D eigenvalue weighted by atomic mass is 10.1. The fourth-order valence-corrected chi connectivity index (χ4v) is 1.45. The van der Waals surface area contributed by atoms with Gasteiger partial charge in [-0.3, -0.25) is 4.98 Å². The van der Waals surface area contributed by atoms with E-state index in [2.05, 4.69) is 4.98 Å². The molecule has 4 heteroatoms. The van der Waals surface area contributed by atoms with Crippen LogP contribution in [0.4, 0.5) is 0 Å². The molecule has 0 unspecified atom stereocenters. The summed E-state index contributed by atoms with van der Waals surface area (Å²) in [6.45, 7) is 0.149. The van der Waals surface area contributed by atoms with Crippen molar-refractivity contribution in [1.29, 1.82) is 5.26 Å². The van der Waals surface area contributed by atoms with E-state index in [0.717, 1.165) is 5.56 Å². The predicted molar refractivity (Wildman–Crippen MR) is 64.5 cm³/mol. The Morgan fingerprint density at radius 3 is 2.78 bits per heavy atom. The number of hydrogen-bond donors (Lipinski definition) is 0. The molecule has 1 heterocycles. The Balaban J connectivity index is 2.00. The summed E-state index contributed by atoms with van der Waals surface area (Å²) >= 11 is 0. The molecule has 88 valence electrons. The Morgan fingerprint density at radius 2 is 2.06 bits per heavy atom. The van der Waals surface area contributed by atoms with E-state index in [-0.39, 0.29) is 6.61 Å². The standard InChI is InChI=1S/C14H10N2O2/c15-9-11-2-1-3-12(8-11)10-18-14(17)13-4-6-16-7-5-13/h1-8H,10H2. The summed E-state index contributed by atoms with van der Waals surface area (Å²) in [4.78, 5) is 15.5. The monoisotopic (exact) mass is 238 g/mol. The second-order valence-electron chi connectivity index (χ2n) is 3.62. The first-order valence-electron chi connectivity index (χ1n) is 5.36. The highest BCUT2D eigenvalue weighted by Gasteiger charge is 2.06. The van der Waals surface area contributed by atoms with Gasteiger partial charge < -0.3 is 4.74 Å². The van der Waals surface area contributed by atoms with Crippen molar-refractivity contribution in [2.45, 2.75) is 6.61 Å². The van der Waals surface area contributed by atoms with Gasteiger partial charge in [0.25, 0.3) is 0 Å². The molecule has 0 fully saturated rings. The van der Waals surface area contributed by atoms with Gasteiger partial charge in [-0.1, -0.05) is 12.1 Å². The summed E-state index contributed by atoms with van der Waals surface area (Å²) in [5.74, 6) is -0.403. The minimum Gasteiger partial charge on any atom is -0.457 e. The molecule has 2 aromatic rings. The normalized spacial score (nSPS) is 9.50. The molecule has 4 nitrogen and oxygen atoms in total. The van der Waals surface area contributed by atoms with Crippen LogP contribution in [0.2, 0.25) is 0 Å². The molecular formula is C14H10N2O2. The number of nitrogens with zero attached hydrogens (tertiary/aromatic N) is 2. The highest BCUT2D eigenvalue weighted by molar-refractivity contribution is 5.89. The number of nitriles is 1. The smallest absolute Gasteiger partial charge is 0.338 e. The van der Waals surface area contributed by atoms with Crippen molar-refractivity contribution in [3.8, 4) is 6.07 Å². The van der Waals surface area contributed by atoms with Gasteiger partial charge in [-0.2, -0.15) is 5.26 Å². The zero-order chi connectivity index (χ0) is 12.8. The zero-order valence-corrected chi connectivity index (χ0v) is 9.54. The van der Waals surface area contributed by atoms with Gasteiger partial charge in [0, 0.05) is 12.4 Å². The molecule has 0 spiro atoms. The molecule has 0 aliphatic heterocycles. The molecule has 2 rings (SSSR count). The quantitative estimate of drug-likeness (QED) is 0.770. The SMILES string of the molecule is N#Cc1cccc(COC(=O)c2ccncc2)c1. The summed E-state index contributed by atoms with van der Waals surface area (Å²) in [7, 11) is 0. The van der Waals surface area contributed by atoms with E-state index < -0.39 is 5.97 Å². The molecule has 1 aromatic heterocycles. The van der Waals surface area contributed by atoms with Gasteiger partial charge in [-0.25, -0.2) is 4.79 Å². The third-order valence-corrected chi connectivity index (χ3v) is 2.34. The van der Waals surface area contributed by atoms with E-state index >= 15 is 0 Å². The fourth-order valence-electron chi connectivity index (χ4n) is 1.45. The zero-order valence-electron chi connectivity index (χ0n) is 9.54. The number of ether oxygens (including phenoxy) is 1. The van der Waals surface area contributed by atoms with Crippen LogP contribution >= 0.6 is 0 Å². The molecule has 0 saturated heterocycles. The van der Waals surface area contributed by atoms with Gasteiger partial charge >= 0.3 is 5.97 Å². The minimum atomic E-state index is -0.403. The van der Waals surface area contributed by atoms with Gasteiger partial charge in [-0.15, -0.1) is 0 Å². The first-order valence-corrected chi connectivity index (χ1v) is 5.36. The Bertz CT molecular complexity index is 588. The lowest BCUT2D eigenvalue weighted by molar-refractivity contribution is 0.0472. The molecule has 18 heavy (non-hydrogen) atoms. The van der Waals surface area contributed by atoms with Crippen LogP contribution in [-0.4, -0.2) is 11.0 Å². The van der Waals surface area contributed by atoms with Crippen LogP contribution in [0.1, 0.15) is 21.5 Å². The average Bonchev–Trinajstić information content (AvgIpc) is 2.46. The fraction of sp³-hybridized carbons (Fsp3) is 0.0714. The van der Waals surface area contributed by atoms with Crippen molar-refractivity contribution >= 4 is 5.97 Å². The number of pyridine rings is 1. The summed E-state index contributed by atoms with van der Waals surface area (Å²) in [5, 5.41) is 8.75. The molecule has 0 atom stereocenters. The number of esters is 1. The highest BCUT2D eigenvalue weighted by atomic mass is 16.5. The van der Waals surface area contributed by atoms with Crippen molar-refractivity contribution in [3.05, 3.63) is 65.5 Å². The van der Waals surface area contributed by atoms with E-state index in [4.69, 9.17) is 10.00 Å². The summed E-state index contributed by atoms with van der Waals surface area (Å²) < 4.78 is 5.14. The van der Waals surface area contributed by atoms with Crippen LogP contribution in [0.5, 0.6) is 0 Å². The molecule has 1 aromatic carbocycles. The third kappa shape index (κ3) is 2.92. The Hall–Kier alpha value is -2.67. The van der Waals surface area contributed by atoms with Gasteiger partial charge in [0.15, 0.2) is 0 Å². The second kappa shape index (κ2) is 5.60. The molecular weight excluding hydrogens is 228 g/mol. The van der Waals surface area contributed by atoms with Gasteiger partial charge in [-0.05, 0) is 29.8 Å². The maximum Gasteiger partial charge on any atom is 0.338 e. The van der Waals surface area contributed by atoms with Crippen molar-refractivity contribution in [2.24, 2.45) is 0 Å². The van der Waals surface area contributed by atoms with E-state index in [0.29, 0.717) is 11.1 Å². The van der Waals surface area contributed by atoms with E-state index in [1.54, 1.807) is 36.4 Å². The first-order chi connectivity index (χ1) is 8.79. The molecule has 0 amide bonds. The lowest BCUT2D eigenvalue weighted by Gasteiger charge is -2.04. The molecule has 0 aliphatic rings. The summed E-state index contributed by atoms with van der Waals surface area (Å²) in [6.07, 6.45) is 3.07. The van der Waals surface area contributed by atoms with Crippen molar-refractivity contribution < 1.29 is 9.53 Å². The van der Waals surface area contributed by atoms with E-state index in [1.165, 1.54) is 12.4 Å². The van der Waals surface area contributed by atoms with Crippen molar-refractivity contribution in [3.63, 3.8) is 0 Å². The maximum absolute atomic E-state index is 11.7. The number of carbonyl (C=O) groups excluding carboxylic acids is 1. The molecule has 0 radical (unpaired) electrons. The van der Waals surface area contributed by atoms with Gasteiger partial charge in [0.1, 0.15) is 6.61 Å². The summed E-state index contributed by atoms with van der Waals surface area (Å²) in [6, 6.07) is 12.2. The van der Waals surface area contributed by atoms with Crippen LogP contribution in [0.3, 0.4) is 0 Å². The highest BCUT2D eigenvalue weighted by Crippen LogP contribution is 2.07. The van der Waals surface area contributed by atoms with Crippen LogP contribution < -0.4 is 0 Å². The molecule has 0 aliphatic carbocycles. The minimum absolute atomic E-state index is 0.149. The van der Waals surface area contributed by atoms with Gasteiger partial charge in [0.05, 0.1) is 17.2 Å². The number of benzene rings is 1. The maximum atomic E-state index is 11.7. The third-order valence-electron chi connectivity index (χ3n) is 2.34. The van der Waals surface area contributed by atoms with Crippen molar-refractivity contribution in [2.75, 3.05) is 0 Å². The largest absolute Gasteiger partial charge is 0.457 e. The number of rotatable bonds is 3. The van der Waals surface area contributed by atoms with Crippen LogP contribution in [0, 0.1) is 11.3 Å². The Labute approximate surface area is 104 Å². The van der Waals surface area contributed by atoms with Crippen LogP contribution in [0.15, 0.2) is 48.8 Å².